The number of alkyl halides is 1. The lowest BCUT2D eigenvalue weighted by Gasteiger charge is -2.35. The topological polar surface area (TPSA) is 85.4 Å². The molecule has 1 saturated heterocycles. The second kappa shape index (κ2) is 9.73. The third-order valence-electron chi connectivity index (χ3n) is 6.82. The van der Waals surface area contributed by atoms with Gasteiger partial charge in [0.2, 0.25) is 12.3 Å². The van der Waals surface area contributed by atoms with Crippen LogP contribution in [0.25, 0.3) is 22.0 Å². The molecule has 0 bridgehead atoms. The lowest BCUT2D eigenvalue weighted by Crippen LogP contribution is -2.43. The molecule has 1 fully saturated rings. The van der Waals surface area contributed by atoms with Crippen molar-refractivity contribution < 1.29 is 14.2 Å². The van der Waals surface area contributed by atoms with E-state index in [9.17, 15) is 14.3 Å². The highest BCUT2D eigenvalue weighted by Gasteiger charge is 2.25. The van der Waals surface area contributed by atoms with Crippen LogP contribution in [0.5, 0.6) is 5.75 Å². The van der Waals surface area contributed by atoms with Gasteiger partial charge in [0, 0.05) is 50.1 Å². The Hall–Kier alpha value is -3.72. The van der Waals surface area contributed by atoms with Crippen LogP contribution in [0.1, 0.15) is 32.3 Å². The zero-order valence-electron chi connectivity index (χ0n) is 20.6. The molecular formula is C27H30FN5O3. The van der Waals surface area contributed by atoms with E-state index in [2.05, 4.69) is 21.8 Å². The van der Waals surface area contributed by atoms with Crippen LogP contribution in [0.4, 0.5) is 10.3 Å². The number of aromatic nitrogens is 4. The monoisotopic (exact) mass is 491 g/mol. The van der Waals surface area contributed by atoms with Crippen molar-refractivity contribution in [2.45, 2.75) is 51.7 Å². The van der Waals surface area contributed by atoms with Gasteiger partial charge in [-0.15, -0.1) is 0 Å². The lowest BCUT2D eigenvalue weighted by molar-refractivity contribution is 0.0847. The molecule has 0 radical (unpaired) electrons. The highest BCUT2D eigenvalue weighted by molar-refractivity contribution is 5.84. The van der Waals surface area contributed by atoms with Crippen molar-refractivity contribution in [3.8, 4) is 16.9 Å². The van der Waals surface area contributed by atoms with E-state index in [-0.39, 0.29) is 17.7 Å². The van der Waals surface area contributed by atoms with Crippen molar-refractivity contribution >= 4 is 16.9 Å². The number of ether oxygens (including phenoxy) is 1. The number of para-hydroxylation sites is 1. The molecule has 36 heavy (non-hydrogen) atoms. The third-order valence-corrected chi connectivity index (χ3v) is 6.82. The van der Waals surface area contributed by atoms with E-state index in [4.69, 9.17) is 4.74 Å². The first-order valence-corrected chi connectivity index (χ1v) is 12.2. The van der Waals surface area contributed by atoms with Gasteiger partial charge in [0.1, 0.15) is 5.75 Å². The Bertz CT molecular complexity index is 1430. The zero-order valence-corrected chi connectivity index (χ0v) is 20.6. The van der Waals surface area contributed by atoms with Crippen molar-refractivity contribution in [2.75, 3.05) is 11.4 Å². The summed E-state index contributed by atoms with van der Waals surface area (Å²) >= 11 is 0. The molecule has 2 aromatic heterocycles. The Balaban J connectivity index is 1.48. The number of anilines is 1. The number of aliphatic hydroxyl groups is 1. The van der Waals surface area contributed by atoms with Gasteiger partial charge < -0.3 is 14.7 Å². The van der Waals surface area contributed by atoms with Gasteiger partial charge in [-0.3, -0.25) is 14.2 Å². The highest BCUT2D eigenvalue weighted by atomic mass is 19.1. The van der Waals surface area contributed by atoms with Crippen molar-refractivity contribution in [2.24, 2.45) is 7.05 Å². The van der Waals surface area contributed by atoms with Gasteiger partial charge in [-0.05, 0) is 43.5 Å². The average Bonchev–Trinajstić information content (AvgIpc) is 3.09. The minimum atomic E-state index is -1.44. The Morgan fingerprint density at radius 3 is 2.64 bits per heavy atom. The van der Waals surface area contributed by atoms with Crippen LogP contribution in [0.15, 0.2) is 59.7 Å². The van der Waals surface area contributed by atoms with Crippen molar-refractivity contribution in [3.63, 3.8) is 0 Å². The highest BCUT2D eigenvalue weighted by Crippen LogP contribution is 2.27. The minimum Gasteiger partial charge on any atom is -0.460 e. The van der Waals surface area contributed by atoms with Gasteiger partial charge >= 0.3 is 0 Å². The molecule has 0 spiro atoms. The van der Waals surface area contributed by atoms with Gasteiger partial charge in [-0.1, -0.05) is 24.3 Å². The SMILES string of the molecule is CC(F)Oc1ccccc1Cn1c2cc(-c3cnc(N4CC[C@@H](O)C[C@H]4C)nc3)ccc2c(=O)n1C. The summed E-state index contributed by atoms with van der Waals surface area (Å²) in [5.41, 5.74) is 3.14. The number of halogens is 1. The molecule has 0 aliphatic carbocycles. The van der Waals surface area contributed by atoms with E-state index in [1.54, 1.807) is 36.3 Å². The molecule has 8 nitrogen and oxygen atoms in total. The molecule has 188 valence electrons. The number of benzene rings is 2. The lowest BCUT2D eigenvalue weighted by atomic mass is 10.0. The molecule has 1 aliphatic heterocycles. The number of nitrogens with zero attached hydrogens (tertiary/aromatic N) is 5. The van der Waals surface area contributed by atoms with E-state index in [1.165, 1.54) is 6.92 Å². The molecule has 3 heterocycles. The van der Waals surface area contributed by atoms with Gasteiger partial charge in [-0.2, -0.15) is 0 Å². The first-order valence-electron chi connectivity index (χ1n) is 12.2. The maximum absolute atomic E-state index is 13.6. The molecule has 1 N–H and O–H groups in total. The summed E-state index contributed by atoms with van der Waals surface area (Å²) in [6, 6.07) is 13.1. The fourth-order valence-corrected chi connectivity index (χ4v) is 4.89. The number of rotatable bonds is 6. The first-order chi connectivity index (χ1) is 17.3. The van der Waals surface area contributed by atoms with E-state index >= 15 is 0 Å². The van der Waals surface area contributed by atoms with E-state index in [0.717, 1.165) is 28.8 Å². The van der Waals surface area contributed by atoms with Gasteiger partial charge in [0.05, 0.1) is 23.6 Å². The Morgan fingerprint density at radius 2 is 1.92 bits per heavy atom. The zero-order chi connectivity index (χ0) is 25.4. The maximum atomic E-state index is 13.6. The molecule has 5 rings (SSSR count). The predicted molar refractivity (Wildman–Crippen MR) is 137 cm³/mol. The van der Waals surface area contributed by atoms with Crippen LogP contribution >= 0.6 is 0 Å². The molecular weight excluding hydrogens is 461 g/mol. The molecule has 4 aromatic rings. The smallest absolute Gasteiger partial charge is 0.274 e. The molecule has 2 aromatic carbocycles. The van der Waals surface area contributed by atoms with Gasteiger partial charge in [0.25, 0.3) is 5.56 Å². The summed E-state index contributed by atoms with van der Waals surface area (Å²) in [7, 11) is 1.72. The standard InChI is InChI=1S/C27H30FN5O3/c1-17-12-22(34)10-11-32(17)27-29-14-21(15-30-27)19-8-9-23-24(13-19)33(31(3)26(23)35)16-20-6-4-5-7-25(20)36-18(2)28/h4-9,13-15,17-18,22,34H,10-12,16H2,1-3H3/t17-,18?,22-/m1/s1. The molecule has 1 unspecified atom stereocenters. The van der Waals surface area contributed by atoms with Crippen LogP contribution in [-0.4, -0.2) is 49.5 Å². The summed E-state index contributed by atoms with van der Waals surface area (Å²) in [4.78, 5) is 24.2. The van der Waals surface area contributed by atoms with E-state index < -0.39 is 6.36 Å². The summed E-state index contributed by atoms with van der Waals surface area (Å²) < 4.78 is 22.3. The average molecular weight is 492 g/mol. The van der Waals surface area contributed by atoms with Crippen LogP contribution in [-0.2, 0) is 13.6 Å². The van der Waals surface area contributed by atoms with Crippen molar-refractivity contribution in [3.05, 3.63) is 70.8 Å². The third kappa shape index (κ3) is 4.58. The summed E-state index contributed by atoms with van der Waals surface area (Å²) in [5.74, 6) is 1.09. The van der Waals surface area contributed by atoms with Crippen molar-refractivity contribution in [1.29, 1.82) is 0 Å². The normalized spacial score (nSPS) is 19.0. The number of piperidine rings is 1. The molecule has 0 amide bonds. The second-order valence-electron chi connectivity index (χ2n) is 9.38. The maximum Gasteiger partial charge on any atom is 0.274 e. The van der Waals surface area contributed by atoms with E-state index in [1.807, 2.05) is 35.0 Å². The molecule has 3 atom stereocenters. The van der Waals surface area contributed by atoms with E-state index in [0.29, 0.717) is 36.5 Å². The van der Waals surface area contributed by atoms with Crippen LogP contribution in [0.2, 0.25) is 0 Å². The number of hydrogen-bond donors (Lipinski definition) is 1. The summed E-state index contributed by atoms with van der Waals surface area (Å²) in [6.07, 6.45) is 3.27. The van der Waals surface area contributed by atoms with Crippen LogP contribution < -0.4 is 15.2 Å². The Labute approximate surface area is 208 Å². The van der Waals surface area contributed by atoms with Crippen LogP contribution in [0.3, 0.4) is 0 Å². The Kier molecular flexibility index (Phi) is 6.49. The number of fused-ring (bicyclic) bond motifs is 1. The number of aliphatic hydroxyl groups excluding tert-OH is 1. The summed E-state index contributed by atoms with van der Waals surface area (Å²) in [5, 5.41) is 10.5. The number of hydrogen-bond acceptors (Lipinski definition) is 6. The molecule has 0 saturated carbocycles. The largest absolute Gasteiger partial charge is 0.460 e. The quantitative estimate of drug-likeness (QED) is 0.441. The molecule has 9 heteroatoms. The Morgan fingerprint density at radius 1 is 1.17 bits per heavy atom. The predicted octanol–water partition coefficient (Wildman–Crippen LogP) is 3.89. The van der Waals surface area contributed by atoms with Gasteiger partial charge in [0.15, 0.2) is 0 Å². The minimum absolute atomic E-state index is 0.110. The summed E-state index contributed by atoms with van der Waals surface area (Å²) in [6.45, 7) is 4.47. The van der Waals surface area contributed by atoms with Crippen molar-refractivity contribution in [1.82, 2.24) is 19.3 Å². The van der Waals surface area contributed by atoms with Crippen LogP contribution in [0, 0.1) is 0 Å². The second-order valence-corrected chi connectivity index (χ2v) is 9.38. The fourth-order valence-electron chi connectivity index (χ4n) is 4.89. The molecule has 1 aliphatic rings. The fraction of sp³-hybridized carbons (Fsp3) is 0.370. The first kappa shape index (κ1) is 24.0. The van der Waals surface area contributed by atoms with Gasteiger partial charge in [-0.25, -0.2) is 14.4 Å².